The van der Waals surface area contributed by atoms with Crippen LogP contribution in [-0.4, -0.2) is 18.0 Å². The van der Waals surface area contributed by atoms with Gasteiger partial charge in [-0.2, -0.15) is 0 Å². The molecule has 0 saturated heterocycles. The molecule has 0 aromatic heterocycles. The summed E-state index contributed by atoms with van der Waals surface area (Å²) in [6, 6.07) is 7.21. The average Bonchev–Trinajstić information content (AvgIpc) is 2.33. The summed E-state index contributed by atoms with van der Waals surface area (Å²) in [5.41, 5.74) is 2.50. The van der Waals surface area contributed by atoms with Gasteiger partial charge in [-0.15, -0.1) is 12.4 Å². The Morgan fingerprint density at radius 2 is 1.70 bits per heavy atom. The van der Waals surface area contributed by atoms with E-state index in [2.05, 4.69) is 37.1 Å². The van der Waals surface area contributed by atoms with Crippen molar-refractivity contribution in [1.82, 2.24) is 4.90 Å². The molecule has 1 fully saturated rings. The van der Waals surface area contributed by atoms with Crippen molar-refractivity contribution in [3.63, 3.8) is 0 Å². The van der Waals surface area contributed by atoms with Gasteiger partial charge in [0.15, 0.2) is 0 Å². The highest BCUT2D eigenvalue weighted by Crippen LogP contribution is 2.23. The first-order valence-corrected chi connectivity index (χ1v) is 8.00. The van der Waals surface area contributed by atoms with Crippen LogP contribution in [0.15, 0.2) is 18.2 Å². The number of hydrogen-bond acceptors (Lipinski definition) is 1. The van der Waals surface area contributed by atoms with E-state index in [9.17, 15) is 0 Å². The molecule has 2 rings (SSSR count). The largest absolute Gasteiger partial charge is 0.299 e. The molecule has 1 aromatic rings. The van der Waals surface area contributed by atoms with Gasteiger partial charge in [-0.25, -0.2) is 0 Å². The Morgan fingerprint density at radius 1 is 1.10 bits per heavy atom. The maximum atomic E-state index is 6.21. The minimum absolute atomic E-state index is 0. The Morgan fingerprint density at radius 3 is 2.30 bits per heavy atom. The highest BCUT2D eigenvalue weighted by atomic mass is 35.5. The maximum Gasteiger partial charge on any atom is 0.0438 e. The molecule has 0 spiro atoms. The number of benzene rings is 1. The molecule has 114 valence electrons. The molecular formula is C17H27Cl2N. The van der Waals surface area contributed by atoms with Crippen LogP contribution in [0.25, 0.3) is 0 Å². The Hall–Kier alpha value is -0.240. The molecule has 1 aliphatic carbocycles. The van der Waals surface area contributed by atoms with E-state index in [1.807, 2.05) is 0 Å². The molecule has 0 atom stereocenters. The summed E-state index contributed by atoms with van der Waals surface area (Å²) < 4.78 is 0. The number of aryl methyl sites for hydroxylation is 1. The topological polar surface area (TPSA) is 3.24 Å². The average molecular weight is 316 g/mol. The Balaban J connectivity index is 0.00000200. The van der Waals surface area contributed by atoms with Crippen molar-refractivity contribution in [1.29, 1.82) is 0 Å². The molecule has 0 unspecified atom stereocenters. The summed E-state index contributed by atoms with van der Waals surface area (Å²) in [5.74, 6) is 0. The fourth-order valence-corrected chi connectivity index (χ4v) is 3.23. The van der Waals surface area contributed by atoms with Crippen LogP contribution >= 0.6 is 24.0 Å². The molecule has 0 heterocycles. The lowest BCUT2D eigenvalue weighted by Crippen LogP contribution is -2.31. The van der Waals surface area contributed by atoms with Gasteiger partial charge in [-0.1, -0.05) is 55.8 Å². The van der Waals surface area contributed by atoms with Gasteiger partial charge in [-0.05, 0) is 44.0 Å². The SMILES string of the molecule is Cc1ccc(CN(C)C2CCCCCCC2)cc1Cl.Cl. The van der Waals surface area contributed by atoms with Crippen molar-refractivity contribution in [2.45, 2.75) is 64.5 Å². The quantitative estimate of drug-likeness (QED) is 0.700. The molecule has 0 radical (unpaired) electrons. The molecule has 0 aliphatic heterocycles. The molecule has 1 aliphatic rings. The fraction of sp³-hybridized carbons (Fsp3) is 0.647. The molecule has 1 saturated carbocycles. The molecule has 20 heavy (non-hydrogen) atoms. The van der Waals surface area contributed by atoms with Crippen LogP contribution in [-0.2, 0) is 6.54 Å². The van der Waals surface area contributed by atoms with Gasteiger partial charge in [0.2, 0.25) is 0 Å². The summed E-state index contributed by atoms with van der Waals surface area (Å²) in [5, 5.41) is 0.892. The standard InChI is InChI=1S/C17H26ClN.ClH/c1-14-10-11-15(12-17(14)18)13-19(2)16-8-6-4-3-5-7-9-16;/h10-12,16H,3-9,13H2,1-2H3;1H. The third-order valence-corrected chi connectivity index (χ3v) is 4.77. The lowest BCUT2D eigenvalue weighted by atomic mass is 9.95. The summed E-state index contributed by atoms with van der Waals surface area (Å²) in [4.78, 5) is 2.52. The van der Waals surface area contributed by atoms with Crippen molar-refractivity contribution in [3.05, 3.63) is 34.3 Å². The normalized spacial score (nSPS) is 17.4. The van der Waals surface area contributed by atoms with Gasteiger partial charge < -0.3 is 0 Å². The third kappa shape index (κ3) is 5.27. The second-order valence-corrected chi connectivity index (χ2v) is 6.40. The molecule has 0 bridgehead atoms. The van der Waals surface area contributed by atoms with Crippen molar-refractivity contribution in [3.8, 4) is 0 Å². The van der Waals surface area contributed by atoms with Crippen LogP contribution in [0.2, 0.25) is 5.02 Å². The van der Waals surface area contributed by atoms with Crippen LogP contribution in [0.1, 0.15) is 56.1 Å². The smallest absolute Gasteiger partial charge is 0.0438 e. The Labute approximate surface area is 135 Å². The summed E-state index contributed by atoms with van der Waals surface area (Å²) in [6.45, 7) is 3.08. The Kier molecular flexibility index (Phi) is 7.94. The summed E-state index contributed by atoms with van der Waals surface area (Å²) in [7, 11) is 2.26. The van der Waals surface area contributed by atoms with Gasteiger partial charge in [0, 0.05) is 17.6 Å². The van der Waals surface area contributed by atoms with E-state index in [1.165, 1.54) is 56.1 Å². The van der Waals surface area contributed by atoms with Crippen LogP contribution in [0.5, 0.6) is 0 Å². The molecule has 1 nitrogen and oxygen atoms in total. The number of rotatable bonds is 3. The van der Waals surface area contributed by atoms with Crippen molar-refractivity contribution >= 4 is 24.0 Å². The predicted molar refractivity (Wildman–Crippen MR) is 91.0 cm³/mol. The summed E-state index contributed by atoms with van der Waals surface area (Å²) >= 11 is 6.21. The van der Waals surface area contributed by atoms with E-state index in [-0.39, 0.29) is 12.4 Å². The maximum absolute atomic E-state index is 6.21. The van der Waals surface area contributed by atoms with Crippen molar-refractivity contribution in [2.24, 2.45) is 0 Å². The minimum Gasteiger partial charge on any atom is -0.299 e. The minimum atomic E-state index is 0. The van der Waals surface area contributed by atoms with E-state index < -0.39 is 0 Å². The van der Waals surface area contributed by atoms with Crippen molar-refractivity contribution in [2.75, 3.05) is 7.05 Å². The first-order chi connectivity index (χ1) is 9.16. The van der Waals surface area contributed by atoms with Crippen LogP contribution < -0.4 is 0 Å². The fourth-order valence-electron chi connectivity index (χ4n) is 3.03. The second kappa shape index (κ2) is 8.92. The number of nitrogens with zero attached hydrogens (tertiary/aromatic N) is 1. The molecule has 0 amide bonds. The first-order valence-electron chi connectivity index (χ1n) is 7.62. The van der Waals surface area contributed by atoms with E-state index in [0.717, 1.165) is 17.6 Å². The Bertz CT molecular complexity index is 398. The van der Waals surface area contributed by atoms with Crippen LogP contribution in [0, 0.1) is 6.92 Å². The molecule has 3 heteroatoms. The zero-order valence-electron chi connectivity index (χ0n) is 12.7. The first kappa shape index (κ1) is 17.8. The van der Waals surface area contributed by atoms with Crippen molar-refractivity contribution < 1.29 is 0 Å². The van der Waals surface area contributed by atoms with E-state index in [1.54, 1.807) is 0 Å². The van der Waals surface area contributed by atoms with Crippen LogP contribution in [0.3, 0.4) is 0 Å². The van der Waals surface area contributed by atoms with Gasteiger partial charge in [0.05, 0.1) is 0 Å². The second-order valence-electron chi connectivity index (χ2n) is 6.00. The summed E-state index contributed by atoms with van der Waals surface area (Å²) in [6.07, 6.45) is 9.77. The van der Waals surface area contributed by atoms with E-state index in [4.69, 9.17) is 11.6 Å². The highest BCUT2D eigenvalue weighted by molar-refractivity contribution is 6.31. The van der Waals surface area contributed by atoms with E-state index in [0.29, 0.717) is 0 Å². The zero-order valence-corrected chi connectivity index (χ0v) is 14.3. The van der Waals surface area contributed by atoms with Gasteiger partial charge in [-0.3, -0.25) is 4.90 Å². The van der Waals surface area contributed by atoms with Gasteiger partial charge >= 0.3 is 0 Å². The lowest BCUT2D eigenvalue weighted by molar-refractivity contribution is 0.196. The monoisotopic (exact) mass is 315 g/mol. The predicted octanol–water partition coefficient (Wildman–Crippen LogP) is 5.61. The number of halogens is 2. The number of hydrogen-bond donors (Lipinski definition) is 0. The molecule has 0 N–H and O–H groups in total. The lowest BCUT2D eigenvalue weighted by Gasteiger charge is -2.29. The van der Waals surface area contributed by atoms with Crippen LogP contribution in [0.4, 0.5) is 0 Å². The molecule has 1 aromatic carbocycles. The van der Waals surface area contributed by atoms with Gasteiger partial charge in [0.1, 0.15) is 0 Å². The van der Waals surface area contributed by atoms with E-state index >= 15 is 0 Å². The zero-order chi connectivity index (χ0) is 13.7. The third-order valence-electron chi connectivity index (χ3n) is 4.37. The van der Waals surface area contributed by atoms with Gasteiger partial charge in [0.25, 0.3) is 0 Å². The highest BCUT2D eigenvalue weighted by Gasteiger charge is 2.16. The molecular weight excluding hydrogens is 289 g/mol.